The van der Waals surface area contributed by atoms with Crippen LogP contribution in [0.4, 0.5) is 4.79 Å². The van der Waals surface area contributed by atoms with Gasteiger partial charge in [-0.25, -0.2) is 4.79 Å². The topological polar surface area (TPSA) is 73.9 Å². The molecule has 3 rings (SSSR count). The summed E-state index contributed by atoms with van der Waals surface area (Å²) >= 11 is 0. The summed E-state index contributed by atoms with van der Waals surface area (Å²) in [7, 11) is 0. The van der Waals surface area contributed by atoms with Crippen LogP contribution in [0.3, 0.4) is 0 Å². The first-order chi connectivity index (χ1) is 16.6. The van der Waals surface area contributed by atoms with Gasteiger partial charge in [0.1, 0.15) is 5.60 Å². The molecule has 1 unspecified atom stereocenters. The van der Waals surface area contributed by atoms with Gasteiger partial charge in [0.25, 0.3) is 5.91 Å². The molecule has 0 spiro atoms. The van der Waals surface area contributed by atoms with Gasteiger partial charge in [-0.3, -0.25) is 9.69 Å². The summed E-state index contributed by atoms with van der Waals surface area (Å²) < 4.78 is 5.30. The standard InChI is InChI=1S/C28H40N4O3/c1-6-31-15-17-32(18-16-31)20-23-9-7-22(8-10-23)19-29-26(33)25-13-11-24(12-14-25)21(2)30-27(34)35-28(3,4)5/h7-14,21H,6,15-20H2,1-5H3,(H,29,33)(H,30,34). The SMILES string of the molecule is CCN1CCN(Cc2ccc(CNC(=O)c3ccc(C(C)NC(=O)OC(C)(C)C)cc3)cc2)CC1. The molecule has 1 aliphatic rings. The first-order valence-electron chi connectivity index (χ1n) is 12.5. The summed E-state index contributed by atoms with van der Waals surface area (Å²) in [6, 6.07) is 15.5. The number of ether oxygens (including phenoxy) is 1. The molecule has 2 aromatic rings. The van der Waals surface area contributed by atoms with E-state index in [0.717, 1.165) is 50.4 Å². The molecule has 1 aliphatic heterocycles. The van der Waals surface area contributed by atoms with Crippen molar-refractivity contribution in [2.45, 2.75) is 59.4 Å². The summed E-state index contributed by atoms with van der Waals surface area (Å²) in [5.74, 6) is -0.123. The van der Waals surface area contributed by atoms with Crippen molar-refractivity contribution in [3.05, 3.63) is 70.8 Å². The van der Waals surface area contributed by atoms with Crippen molar-refractivity contribution in [3.8, 4) is 0 Å². The lowest BCUT2D eigenvalue weighted by molar-refractivity contribution is 0.0507. The van der Waals surface area contributed by atoms with Gasteiger partial charge in [-0.1, -0.05) is 43.3 Å². The van der Waals surface area contributed by atoms with Gasteiger partial charge in [-0.05, 0) is 63.1 Å². The monoisotopic (exact) mass is 480 g/mol. The third kappa shape index (κ3) is 8.67. The summed E-state index contributed by atoms with van der Waals surface area (Å²) in [4.78, 5) is 29.6. The molecule has 0 radical (unpaired) electrons. The first-order valence-corrected chi connectivity index (χ1v) is 12.5. The summed E-state index contributed by atoms with van der Waals surface area (Å²) in [5, 5.41) is 5.81. The number of likely N-dealkylation sites (N-methyl/N-ethyl adjacent to an activating group) is 1. The summed E-state index contributed by atoms with van der Waals surface area (Å²) in [6.45, 7) is 16.7. The van der Waals surface area contributed by atoms with Crippen LogP contribution in [0.15, 0.2) is 48.5 Å². The molecule has 1 atom stereocenters. The van der Waals surface area contributed by atoms with Crippen LogP contribution in [0.25, 0.3) is 0 Å². The highest BCUT2D eigenvalue weighted by Crippen LogP contribution is 2.16. The Morgan fingerprint density at radius 1 is 0.914 bits per heavy atom. The Kier molecular flexibility index (Phi) is 9.29. The minimum absolute atomic E-state index is 0.123. The number of carbonyl (C=O) groups is 2. The zero-order chi connectivity index (χ0) is 25.4. The lowest BCUT2D eigenvalue weighted by Gasteiger charge is -2.34. The van der Waals surface area contributed by atoms with Crippen LogP contribution < -0.4 is 10.6 Å². The van der Waals surface area contributed by atoms with Crippen LogP contribution in [0, 0.1) is 0 Å². The van der Waals surface area contributed by atoms with Gasteiger partial charge >= 0.3 is 6.09 Å². The smallest absolute Gasteiger partial charge is 0.408 e. The molecule has 0 aliphatic carbocycles. The van der Waals surface area contributed by atoms with Crippen LogP contribution in [-0.2, 0) is 17.8 Å². The maximum Gasteiger partial charge on any atom is 0.408 e. The van der Waals surface area contributed by atoms with E-state index < -0.39 is 11.7 Å². The quantitative estimate of drug-likeness (QED) is 0.588. The lowest BCUT2D eigenvalue weighted by Crippen LogP contribution is -2.45. The van der Waals surface area contributed by atoms with Crippen molar-refractivity contribution in [2.75, 3.05) is 32.7 Å². The highest BCUT2D eigenvalue weighted by atomic mass is 16.6. The second-order valence-electron chi connectivity index (χ2n) is 10.2. The van der Waals surface area contributed by atoms with E-state index in [1.165, 1.54) is 5.56 Å². The molecule has 1 fully saturated rings. The number of carbonyl (C=O) groups excluding carboxylic acids is 2. The molecule has 1 saturated heterocycles. The largest absolute Gasteiger partial charge is 0.444 e. The molecule has 35 heavy (non-hydrogen) atoms. The molecule has 190 valence electrons. The van der Waals surface area contributed by atoms with Gasteiger partial charge in [-0.2, -0.15) is 0 Å². The highest BCUT2D eigenvalue weighted by Gasteiger charge is 2.19. The third-order valence-electron chi connectivity index (χ3n) is 6.20. The lowest BCUT2D eigenvalue weighted by atomic mass is 10.1. The van der Waals surface area contributed by atoms with Gasteiger partial charge in [0.2, 0.25) is 0 Å². The fourth-order valence-corrected chi connectivity index (χ4v) is 4.06. The average Bonchev–Trinajstić information content (AvgIpc) is 2.82. The Labute approximate surface area is 209 Å². The van der Waals surface area contributed by atoms with Crippen molar-refractivity contribution in [3.63, 3.8) is 0 Å². The average molecular weight is 481 g/mol. The zero-order valence-corrected chi connectivity index (χ0v) is 21.8. The Morgan fingerprint density at radius 2 is 1.49 bits per heavy atom. The number of rotatable bonds is 8. The predicted molar refractivity (Wildman–Crippen MR) is 139 cm³/mol. The molecule has 0 bridgehead atoms. The fourth-order valence-electron chi connectivity index (χ4n) is 4.06. The van der Waals surface area contributed by atoms with Crippen LogP contribution in [0.2, 0.25) is 0 Å². The van der Waals surface area contributed by atoms with Gasteiger partial charge in [0.15, 0.2) is 0 Å². The Hall–Kier alpha value is -2.90. The number of piperazine rings is 1. The van der Waals surface area contributed by atoms with Crippen molar-refractivity contribution in [1.29, 1.82) is 0 Å². The molecule has 2 aromatic carbocycles. The number of nitrogens with zero attached hydrogens (tertiary/aromatic N) is 2. The second-order valence-corrected chi connectivity index (χ2v) is 10.2. The molecule has 7 nitrogen and oxygen atoms in total. The number of hydrogen-bond acceptors (Lipinski definition) is 5. The maximum atomic E-state index is 12.6. The Bertz CT molecular complexity index is 959. The van der Waals surface area contributed by atoms with E-state index in [2.05, 4.69) is 51.6 Å². The summed E-state index contributed by atoms with van der Waals surface area (Å²) in [5.41, 5.74) is 3.32. The van der Waals surface area contributed by atoms with Crippen molar-refractivity contribution >= 4 is 12.0 Å². The van der Waals surface area contributed by atoms with Crippen molar-refractivity contribution in [2.24, 2.45) is 0 Å². The highest BCUT2D eigenvalue weighted by molar-refractivity contribution is 5.94. The third-order valence-corrected chi connectivity index (χ3v) is 6.20. The normalized spacial score (nSPS) is 15.9. The molecular formula is C28H40N4O3. The van der Waals surface area contributed by atoms with E-state index in [-0.39, 0.29) is 11.9 Å². The molecule has 1 heterocycles. The fraction of sp³-hybridized carbons (Fsp3) is 0.500. The molecule has 0 aromatic heterocycles. The van der Waals surface area contributed by atoms with E-state index in [0.29, 0.717) is 12.1 Å². The minimum Gasteiger partial charge on any atom is -0.444 e. The van der Waals surface area contributed by atoms with Gasteiger partial charge in [-0.15, -0.1) is 0 Å². The van der Waals surface area contributed by atoms with Crippen molar-refractivity contribution < 1.29 is 14.3 Å². The molecule has 2 amide bonds. The summed E-state index contributed by atoms with van der Waals surface area (Å²) in [6.07, 6.45) is -0.461. The van der Waals surface area contributed by atoms with E-state index in [1.54, 1.807) is 12.1 Å². The van der Waals surface area contributed by atoms with Gasteiger partial charge in [0.05, 0.1) is 6.04 Å². The van der Waals surface area contributed by atoms with E-state index in [1.807, 2.05) is 39.8 Å². The number of amides is 2. The number of benzene rings is 2. The predicted octanol–water partition coefficient (Wildman–Crippen LogP) is 4.34. The Balaban J connectivity index is 1.45. The zero-order valence-electron chi connectivity index (χ0n) is 21.8. The molecular weight excluding hydrogens is 440 g/mol. The van der Waals surface area contributed by atoms with E-state index >= 15 is 0 Å². The Morgan fingerprint density at radius 3 is 2.06 bits per heavy atom. The number of hydrogen-bond donors (Lipinski definition) is 2. The second kappa shape index (κ2) is 12.2. The minimum atomic E-state index is -0.545. The molecule has 2 N–H and O–H groups in total. The van der Waals surface area contributed by atoms with Crippen LogP contribution in [0.5, 0.6) is 0 Å². The molecule has 7 heteroatoms. The number of alkyl carbamates (subject to hydrolysis) is 1. The van der Waals surface area contributed by atoms with Crippen LogP contribution in [-0.4, -0.2) is 60.1 Å². The van der Waals surface area contributed by atoms with Gasteiger partial charge < -0.3 is 20.3 Å². The van der Waals surface area contributed by atoms with Crippen LogP contribution >= 0.6 is 0 Å². The maximum absolute atomic E-state index is 12.6. The molecule has 0 saturated carbocycles. The van der Waals surface area contributed by atoms with E-state index in [9.17, 15) is 9.59 Å². The first kappa shape index (κ1) is 26.7. The number of nitrogens with one attached hydrogen (secondary N) is 2. The van der Waals surface area contributed by atoms with E-state index in [4.69, 9.17) is 4.74 Å². The van der Waals surface area contributed by atoms with Gasteiger partial charge in [0, 0.05) is 44.8 Å². The van der Waals surface area contributed by atoms with Crippen molar-refractivity contribution in [1.82, 2.24) is 20.4 Å². The van der Waals surface area contributed by atoms with Crippen LogP contribution in [0.1, 0.15) is 67.7 Å².